The Morgan fingerprint density at radius 3 is 2.82 bits per heavy atom. The van der Waals surface area contributed by atoms with Crippen molar-refractivity contribution in [3.05, 3.63) is 0 Å². The standard InChI is InChI=1S/C7H15N3O/c1-9-4-5-10(3-2-8)6-7(9)11/h2-6,8H2,1H3. The van der Waals surface area contributed by atoms with Crippen LogP contribution in [0.5, 0.6) is 0 Å². The molecule has 0 atom stereocenters. The largest absolute Gasteiger partial charge is 0.343 e. The zero-order valence-electron chi connectivity index (χ0n) is 6.92. The maximum atomic E-state index is 11.1. The minimum Gasteiger partial charge on any atom is -0.343 e. The average Bonchev–Trinajstić information content (AvgIpc) is 1.98. The normalized spacial score (nSPS) is 20.9. The molecule has 64 valence electrons. The first-order valence-electron chi connectivity index (χ1n) is 3.90. The number of likely N-dealkylation sites (N-methyl/N-ethyl adjacent to an activating group) is 1. The number of amides is 1. The van der Waals surface area contributed by atoms with Gasteiger partial charge in [0.25, 0.3) is 0 Å². The van der Waals surface area contributed by atoms with Crippen LogP contribution in [0.2, 0.25) is 0 Å². The molecule has 0 bridgehead atoms. The van der Waals surface area contributed by atoms with Gasteiger partial charge in [0.2, 0.25) is 5.91 Å². The number of nitrogens with two attached hydrogens (primary N) is 1. The molecule has 2 N–H and O–H groups in total. The Labute approximate surface area is 66.9 Å². The Hall–Kier alpha value is -0.610. The van der Waals surface area contributed by atoms with Crippen LogP contribution in [0.1, 0.15) is 0 Å². The van der Waals surface area contributed by atoms with Crippen LogP contribution in [-0.2, 0) is 4.79 Å². The molecule has 1 fully saturated rings. The zero-order chi connectivity index (χ0) is 8.27. The van der Waals surface area contributed by atoms with Crippen LogP contribution in [-0.4, -0.2) is 55.5 Å². The smallest absolute Gasteiger partial charge is 0.236 e. The number of piperazine rings is 1. The van der Waals surface area contributed by atoms with Crippen LogP contribution in [0.3, 0.4) is 0 Å². The molecule has 11 heavy (non-hydrogen) atoms. The summed E-state index contributed by atoms with van der Waals surface area (Å²) < 4.78 is 0. The van der Waals surface area contributed by atoms with Gasteiger partial charge in [0, 0.05) is 33.2 Å². The van der Waals surface area contributed by atoms with Crippen LogP contribution in [0.25, 0.3) is 0 Å². The van der Waals surface area contributed by atoms with Crippen LogP contribution < -0.4 is 5.73 Å². The molecule has 1 saturated heterocycles. The van der Waals surface area contributed by atoms with E-state index in [9.17, 15) is 4.79 Å². The van der Waals surface area contributed by atoms with E-state index in [0.29, 0.717) is 13.1 Å². The van der Waals surface area contributed by atoms with E-state index in [-0.39, 0.29) is 5.91 Å². The number of hydrogen-bond acceptors (Lipinski definition) is 3. The van der Waals surface area contributed by atoms with Gasteiger partial charge in [-0.1, -0.05) is 0 Å². The fraction of sp³-hybridized carbons (Fsp3) is 0.857. The molecule has 0 radical (unpaired) electrons. The van der Waals surface area contributed by atoms with E-state index < -0.39 is 0 Å². The third kappa shape index (κ3) is 2.17. The molecule has 0 unspecified atom stereocenters. The molecule has 1 rings (SSSR count). The van der Waals surface area contributed by atoms with E-state index >= 15 is 0 Å². The highest BCUT2D eigenvalue weighted by atomic mass is 16.2. The maximum absolute atomic E-state index is 11.1. The minimum absolute atomic E-state index is 0.199. The Kier molecular flexibility index (Phi) is 2.84. The fourth-order valence-corrected chi connectivity index (χ4v) is 1.18. The van der Waals surface area contributed by atoms with Gasteiger partial charge in [-0.15, -0.1) is 0 Å². The van der Waals surface area contributed by atoms with Crippen LogP contribution in [0, 0.1) is 0 Å². The summed E-state index contributed by atoms with van der Waals surface area (Å²) in [6.07, 6.45) is 0. The number of carbonyl (C=O) groups is 1. The molecule has 0 aliphatic carbocycles. The summed E-state index contributed by atoms with van der Waals surface area (Å²) in [5, 5.41) is 0. The fourth-order valence-electron chi connectivity index (χ4n) is 1.18. The van der Waals surface area contributed by atoms with Crippen molar-refractivity contribution in [2.24, 2.45) is 5.73 Å². The van der Waals surface area contributed by atoms with Crippen molar-refractivity contribution in [1.82, 2.24) is 9.80 Å². The SMILES string of the molecule is CN1CCN(CCN)CC1=O. The van der Waals surface area contributed by atoms with E-state index in [0.717, 1.165) is 19.6 Å². The summed E-state index contributed by atoms with van der Waals surface area (Å²) in [6, 6.07) is 0. The first-order valence-corrected chi connectivity index (χ1v) is 3.90. The summed E-state index contributed by atoms with van der Waals surface area (Å²) >= 11 is 0. The lowest BCUT2D eigenvalue weighted by molar-refractivity contribution is -0.134. The van der Waals surface area contributed by atoms with Gasteiger partial charge in [0.15, 0.2) is 0 Å². The lowest BCUT2D eigenvalue weighted by Gasteiger charge is -2.31. The number of carbonyl (C=O) groups excluding carboxylic acids is 1. The molecule has 0 saturated carbocycles. The molecule has 1 aliphatic heterocycles. The molecule has 0 aromatic carbocycles. The predicted octanol–water partition coefficient (Wildman–Crippen LogP) is -1.28. The average molecular weight is 157 g/mol. The molecule has 0 aromatic heterocycles. The van der Waals surface area contributed by atoms with Gasteiger partial charge >= 0.3 is 0 Å². The highest BCUT2D eigenvalue weighted by Crippen LogP contribution is 1.98. The summed E-state index contributed by atoms with van der Waals surface area (Å²) in [6.45, 7) is 3.79. The van der Waals surface area contributed by atoms with Gasteiger partial charge in [0.1, 0.15) is 0 Å². The minimum atomic E-state index is 0.199. The second kappa shape index (κ2) is 3.69. The van der Waals surface area contributed by atoms with Crippen molar-refractivity contribution >= 4 is 5.91 Å². The second-order valence-electron chi connectivity index (χ2n) is 2.88. The molecule has 4 heteroatoms. The molecule has 0 aromatic rings. The second-order valence-corrected chi connectivity index (χ2v) is 2.88. The summed E-state index contributed by atoms with van der Waals surface area (Å²) in [4.78, 5) is 15.0. The van der Waals surface area contributed by atoms with Gasteiger partial charge in [-0.2, -0.15) is 0 Å². The highest BCUT2D eigenvalue weighted by Gasteiger charge is 2.19. The van der Waals surface area contributed by atoms with Crippen molar-refractivity contribution in [1.29, 1.82) is 0 Å². The lowest BCUT2D eigenvalue weighted by atomic mass is 10.3. The van der Waals surface area contributed by atoms with Crippen molar-refractivity contribution < 1.29 is 4.79 Å². The predicted molar refractivity (Wildman–Crippen MR) is 43.1 cm³/mol. The quantitative estimate of drug-likeness (QED) is 0.543. The molecular formula is C7H15N3O. The van der Waals surface area contributed by atoms with Gasteiger partial charge in [-0.05, 0) is 0 Å². The zero-order valence-corrected chi connectivity index (χ0v) is 6.92. The van der Waals surface area contributed by atoms with Crippen molar-refractivity contribution in [3.8, 4) is 0 Å². The number of hydrogen-bond donors (Lipinski definition) is 1. The Morgan fingerprint density at radius 1 is 1.55 bits per heavy atom. The molecular weight excluding hydrogens is 142 g/mol. The maximum Gasteiger partial charge on any atom is 0.236 e. The van der Waals surface area contributed by atoms with E-state index in [2.05, 4.69) is 4.90 Å². The third-order valence-corrected chi connectivity index (χ3v) is 1.98. The monoisotopic (exact) mass is 157 g/mol. The van der Waals surface area contributed by atoms with Crippen molar-refractivity contribution in [3.63, 3.8) is 0 Å². The molecule has 0 spiro atoms. The lowest BCUT2D eigenvalue weighted by Crippen LogP contribution is -2.49. The first kappa shape index (κ1) is 8.49. The molecule has 4 nitrogen and oxygen atoms in total. The van der Waals surface area contributed by atoms with E-state index in [1.54, 1.807) is 4.90 Å². The highest BCUT2D eigenvalue weighted by molar-refractivity contribution is 5.78. The number of nitrogens with zero attached hydrogens (tertiary/aromatic N) is 2. The van der Waals surface area contributed by atoms with Gasteiger partial charge < -0.3 is 10.6 Å². The molecule has 1 heterocycles. The first-order chi connectivity index (χ1) is 5.24. The van der Waals surface area contributed by atoms with Gasteiger partial charge in [-0.25, -0.2) is 0 Å². The van der Waals surface area contributed by atoms with Crippen LogP contribution in [0.4, 0.5) is 0 Å². The number of rotatable bonds is 2. The third-order valence-electron chi connectivity index (χ3n) is 1.98. The summed E-state index contributed by atoms with van der Waals surface area (Å²) in [5.41, 5.74) is 5.37. The summed E-state index contributed by atoms with van der Waals surface area (Å²) in [7, 11) is 1.84. The van der Waals surface area contributed by atoms with E-state index in [1.165, 1.54) is 0 Å². The van der Waals surface area contributed by atoms with Crippen molar-refractivity contribution in [2.75, 3.05) is 39.8 Å². The topological polar surface area (TPSA) is 49.6 Å². The van der Waals surface area contributed by atoms with Crippen molar-refractivity contribution in [2.45, 2.75) is 0 Å². The van der Waals surface area contributed by atoms with Crippen LogP contribution in [0.15, 0.2) is 0 Å². The Morgan fingerprint density at radius 2 is 2.27 bits per heavy atom. The Balaban J connectivity index is 2.34. The van der Waals surface area contributed by atoms with E-state index in [1.807, 2.05) is 7.05 Å². The van der Waals surface area contributed by atoms with Gasteiger partial charge in [-0.3, -0.25) is 9.69 Å². The Bertz CT molecular complexity index is 149. The molecule has 1 amide bonds. The van der Waals surface area contributed by atoms with Gasteiger partial charge in [0.05, 0.1) is 6.54 Å². The summed E-state index contributed by atoms with van der Waals surface area (Å²) in [5.74, 6) is 0.199. The van der Waals surface area contributed by atoms with E-state index in [4.69, 9.17) is 5.73 Å². The molecule has 1 aliphatic rings. The van der Waals surface area contributed by atoms with Crippen LogP contribution >= 0.6 is 0 Å².